The number of fused-ring (bicyclic) bond motifs is 2. The summed E-state index contributed by atoms with van der Waals surface area (Å²) in [6.07, 6.45) is 1.27. The van der Waals surface area contributed by atoms with Crippen molar-refractivity contribution in [2.24, 2.45) is 0 Å². The number of anilines is 1. The van der Waals surface area contributed by atoms with Gasteiger partial charge in [0.1, 0.15) is 5.58 Å². The normalized spacial score (nSPS) is 15.1. The SMILES string of the molecule is [C-]#[N+]/C(=C/c1cc2cc3c(cc2oc1=O)C#CCCS(=O)(=O)N3)C(=O)OCC. The highest BCUT2D eigenvalue weighted by atomic mass is 32.2. The van der Waals surface area contributed by atoms with E-state index in [1.807, 2.05) is 0 Å². The molecule has 0 fully saturated rings. The molecule has 0 amide bonds. The van der Waals surface area contributed by atoms with Crippen LogP contribution in [-0.4, -0.2) is 26.7 Å². The number of benzene rings is 1. The minimum Gasteiger partial charge on any atom is -0.471 e. The third kappa shape index (κ3) is 4.05. The summed E-state index contributed by atoms with van der Waals surface area (Å²) in [5.74, 6) is 4.64. The molecule has 142 valence electrons. The number of hydrogen-bond acceptors (Lipinski definition) is 6. The van der Waals surface area contributed by atoms with Crippen molar-refractivity contribution >= 4 is 38.7 Å². The number of sulfonamides is 1. The zero-order valence-electron chi connectivity index (χ0n) is 14.7. The maximum Gasteiger partial charge on any atom is 0.342 e. The summed E-state index contributed by atoms with van der Waals surface area (Å²) in [4.78, 5) is 27.1. The summed E-state index contributed by atoms with van der Waals surface area (Å²) in [6.45, 7) is 8.78. The van der Waals surface area contributed by atoms with Crippen LogP contribution in [-0.2, 0) is 19.6 Å². The van der Waals surface area contributed by atoms with Gasteiger partial charge in [0.15, 0.2) is 0 Å². The van der Waals surface area contributed by atoms with Gasteiger partial charge in [-0.05, 0) is 31.2 Å². The van der Waals surface area contributed by atoms with Crippen molar-refractivity contribution in [3.05, 3.63) is 56.9 Å². The lowest BCUT2D eigenvalue weighted by molar-refractivity contribution is -0.138. The highest BCUT2D eigenvalue weighted by Gasteiger charge is 2.17. The van der Waals surface area contributed by atoms with E-state index in [0.29, 0.717) is 10.9 Å². The van der Waals surface area contributed by atoms with Crippen molar-refractivity contribution in [1.82, 2.24) is 0 Å². The standard InChI is InChI=1S/C19H14N2O6S/c1-3-26-19(23)16(20-2)10-14-8-13-9-15-12(11-17(13)27-18(14)22)6-4-5-7-28(24,25)21-15/h8-11,21H,3,5,7H2,1H3/b16-10+. The number of esters is 1. The van der Waals surface area contributed by atoms with E-state index in [-0.39, 0.29) is 41.3 Å². The predicted octanol–water partition coefficient (Wildman–Crippen LogP) is 2.11. The molecule has 2 aromatic rings. The molecule has 0 radical (unpaired) electrons. The number of ether oxygens (including phenoxy) is 1. The summed E-state index contributed by atoms with van der Waals surface area (Å²) in [6, 6.07) is 4.37. The zero-order valence-corrected chi connectivity index (χ0v) is 15.6. The van der Waals surface area contributed by atoms with Gasteiger partial charge < -0.3 is 9.15 Å². The van der Waals surface area contributed by atoms with Crippen LogP contribution in [0.2, 0.25) is 0 Å². The monoisotopic (exact) mass is 398 g/mol. The van der Waals surface area contributed by atoms with Crippen LogP contribution in [0.25, 0.3) is 21.9 Å². The molecule has 8 nitrogen and oxygen atoms in total. The quantitative estimate of drug-likeness (QED) is 0.279. The Balaban J connectivity index is 2.16. The third-order valence-electron chi connectivity index (χ3n) is 3.78. The van der Waals surface area contributed by atoms with Crippen molar-refractivity contribution in [1.29, 1.82) is 0 Å². The van der Waals surface area contributed by atoms with Crippen LogP contribution in [0.1, 0.15) is 24.5 Å². The average Bonchev–Trinajstić information content (AvgIpc) is 2.62. The Morgan fingerprint density at radius 1 is 1.43 bits per heavy atom. The molecule has 1 aromatic heterocycles. The molecule has 0 saturated heterocycles. The van der Waals surface area contributed by atoms with E-state index in [0.717, 1.165) is 6.08 Å². The third-order valence-corrected chi connectivity index (χ3v) is 5.05. The molecule has 1 N–H and O–H groups in total. The maximum absolute atomic E-state index is 12.2. The largest absolute Gasteiger partial charge is 0.471 e. The summed E-state index contributed by atoms with van der Waals surface area (Å²) in [7, 11) is -3.54. The summed E-state index contributed by atoms with van der Waals surface area (Å²) in [5.41, 5.74) is -0.305. The molecular weight excluding hydrogens is 384 g/mol. The first-order valence-corrected chi connectivity index (χ1v) is 9.85. The molecule has 1 aliphatic heterocycles. The van der Waals surface area contributed by atoms with Gasteiger partial charge in [-0.25, -0.2) is 18.1 Å². The first-order valence-electron chi connectivity index (χ1n) is 8.20. The van der Waals surface area contributed by atoms with Crippen LogP contribution in [0, 0.1) is 18.4 Å². The Hall–Kier alpha value is -3.56. The zero-order chi connectivity index (χ0) is 20.3. The van der Waals surface area contributed by atoms with Crippen molar-refractivity contribution in [2.75, 3.05) is 17.1 Å². The number of nitrogens with one attached hydrogen (secondary N) is 1. The minimum absolute atomic E-state index is 0.0358. The van der Waals surface area contributed by atoms with E-state index in [1.54, 1.807) is 6.92 Å². The number of rotatable bonds is 3. The second kappa shape index (κ2) is 7.59. The molecule has 0 atom stereocenters. The molecule has 0 unspecified atom stereocenters. The fourth-order valence-corrected chi connectivity index (χ4v) is 3.50. The molecule has 2 heterocycles. The summed E-state index contributed by atoms with van der Waals surface area (Å²) < 4.78 is 36.5. The maximum atomic E-state index is 12.2. The lowest BCUT2D eigenvalue weighted by Gasteiger charge is -2.12. The van der Waals surface area contributed by atoms with Gasteiger partial charge in [0.25, 0.3) is 5.70 Å². The molecule has 3 rings (SSSR count). The van der Waals surface area contributed by atoms with Gasteiger partial charge >= 0.3 is 11.6 Å². The highest BCUT2D eigenvalue weighted by Crippen LogP contribution is 2.26. The molecule has 9 heteroatoms. The molecule has 1 aliphatic rings. The average molecular weight is 398 g/mol. The fraction of sp³-hybridized carbons (Fsp3) is 0.211. The van der Waals surface area contributed by atoms with Crippen LogP contribution < -0.4 is 10.3 Å². The van der Waals surface area contributed by atoms with Crippen molar-refractivity contribution < 1.29 is 22.4 Å². The highest BCUT2D eigenvalue weighted by molar-refractivity contribution is 7.92. The van der Waals surface area contributed by atoms with Crippen molar-refractivity contribution in [3.63, 3.8) is 0 Å². The molecular formula is C19H14N2O6S. The lowest BCUT2D eigenvalue weighted by Crippen LogP contribution is -2.18. The van der Waals surface area contributed by atoms with E-state index >= 15 is 0 Å². The van der Waals surface area contributed by atoms with Gasteiger partial charge in [-0.15, -0.1) is 0 Å². The topological polar surface area (TPSA) is 107 Å². The Labute approximate surface area is 160 Å². The predicted molar refractivity (Wildman–Crippen MR) is 103 cm³/mol. The van der Waals surface area contributed by atoms with Gasteiger partial charge in [-0.1, -0.05) is 11.8 Å². The number of carbonyl (C=O) groups excluding carboxylic acids is 1. The van der Waals surface area contributed by atoms with Crippen LogP contribution >= 0.6 is 0 Å². The molecule has 0 aliphatic carbocycles. The smallest absolute Gasteiger partial charge is 0.342 e. The Morgan fingerprint density at radius 2 is 2.21 bits per heavy atom. The lowest BCUT2D eigenvalue weighted by atomic mass is 10.1. The van der Waals surface area contributed by atoms with Crippen LogP contribution in [0.3, 0.4) is 0 Å². The number of hydrogen-bond donors (Lipinski definition) is 1. The van der Waals surface area contributed by atoms with Gasteiger partial charge in [-0.3, -0.25) is 9.52 Å². The van der Waals surface area contributed by atoms with Crippen LogP contribution in [0.5, 0.6) is 0 Å². The Kier molecular flexibility index (Phi) is 5.21. The van der Waals surface area contributed by atoms with Gasteiger partial charge in [0, 0.05) is 11.8 Å². The van der Waals surface area contributed by atoms with E-state index in [2.05, 4.69) is 21.4 Å². The van der Waals surface area contributed by atoms with Crippen LogP contribution in [0.4, 0.5) is 5.69 Å². The molecule has 0 bridgehead atoms. The summed E-state index contributed by atoms with van der Waals surface area (Å²) in [5, 5.41) is 0.405. The molecule has 1 aromatic carbocycles. The first kappa shape index (κ1) is 19.2. The fourth-order valence-electron chi connectivity index (χ4n) is 2.52. The van der Waals surface area contributed by atoms with Gasteiger partial charge in [-0.2, -0.15) is 0 Å². The van der Waals surface area contributed by atoms with Crippen molar-refractivity contribution in [2.45, 2.75) is 13.3 Å². The van der Waals surface area contributed by atoms with Crippen molar-refractivity contribution in [3.8, 4) is 11.8 Å². The van der Waals surface area contributed by atoms with E-state index in [4.69, 9.17) is 15.7 Å². The number of nitrogens with zero attached hydrogens (tertiary/aromatic N) is 1. The number of carbonyl (C=O) groups is 1. The van der Waals surface area contributed by atoms with E-state index in [1.165, 1.54) is 18.2 Å². The van der Waals surface area contributed by atoms with E-state index in [9.17, 15) is 18.0 Å². The summed E-state index contributed by atoms with van der Waals surface area (Å²) >= 11 is 0. The second-order valence-electron chi connectivity index (χ2n) is 5.76. The second-order valence-corrected chi connectivity index (χ2v) is 7.60. The molecule has 0 saturated carbocycles. The van der Waals surface area contributed by atoms with Crippen LogP contribution in [0.15, 0.2) is 33.1 Å². The molecule has 0 spiro atoms. The van der Waals surface area contributed by atoms with Gasteiger partial charge in [0.05, 0.1) is 35.7 Å². The van der Waals surface area contributed by atoms with E-state index < -0.39 is 21.6 Å². The molecule has 28 heavy (non-hydrogen) atoms. The minimum atomic E-state index is -3.54. The Bertz CT molecular complexity index is 1270. The van der Waals surface area contributed by atoms with Gasteiger partial charge in [0.2, 0.25) is 10.0 Å². The Morgan fingerprint density at radius 3 is 2.93 bits per heavy atom. The first-order chi connectivity index (χ1) is 13.3.